The molecule has 0 aliphatic rings. The fourth-order valence-electron chi connectivity index (χ4n) is 1.75. The second-order valence-electron chi connectivity index (χ2n) is 5.06. The molecule has 1 aromatic carbocycles. The maximum absolute atomic E-state index is 10.7. The minimum Gasteiger partial charge on any atom is -0.480 e. The Balaban J connectivity index is 3.01. The van der Waals surface area contributed by atoms with Gasteiger partial charge in [-0.3, -0.25) is 4.79 Å². The zero-order chi connectivity index (χ0) is 12.3. The zero-order valence-corrected chi connectivity index (χ0v) is 10.0. The van der Waals surface area contributed by atoms with E-state index in [2.05, 4.69) is 20.8 Å². The van der Waals surface area contributed by atoms with E-state index in [-0.39, 0.29) is 5.41 Å². The van der Waals surface area contributed by atoms with Crippen LogP contribution in [0.15, 0.2) is 24.3 Å². The standard InChI is InChI=1S/C13H19NO2/c1-13(2,3)10-7-5-4-6-9(10)8-11(14)12(15)16/h4-7,11H,8,14H2,1-3H3,(H,15,16)/t11-/m0/s1. The summed E-state index contributed by atoms with van der Waals surface area (Å²) in [5, 5.41) is 8.81. The first-order valence-corrected chi connectivity index (χ1v) is 5.39. The summed E-state index contributed by atoms with van der Waals surface area (Å²) in [6, 6.07) is 7.03. The molecule has 0 unspecified atom stereocenters. The molecule has 0 fully saturated rings. The lowest BCUT2D eigenvalue weighted by molar-refractivity contribution is -0.138. The van der Waals surface area contributed by atoms with Gasteiger partial charge in [0, 0.05) is 0 Å². The Hall–Kier alpha value is -1.35. The molecule has 0 amide bonds. The molecule has 0 aliphatic heterocycles. The molecule has 0 radical (unpaired) electrons. The van der Waals surface area contributed by atoms with Crippen molar-refractivity contribution in [2.45, 2.75) is 38.6 Å². The molecule has 0 aliphatic carbocycles. The topological polar surface area (TPSA) is 63.3 Å². The summed E-state index contributed by atoms with van der Waals surface area (Å²) in [7, 11) is 0. The second kappa shape index (κ2) is 4.66. The average Bonchev–Trinajstić information content (AvgIpc) is 2.16. The SMILES string of the molecule is CC(C)(C)c1ccccc1C[C@H](N)C(=O)O. The highest BCUT2D eigenvalue weighted by molar-refractivity contribution is 5.73. The highest BCUT2D eigenvalue weighted by atomic mass is 16.4. The highest BCUT2D eigenvalue weighted by Gasteiger charge is 2.20. The third-order valence-corrected chi connectivity index (χ3v) is 2.58. The first-order valence-electron chi connectivity index (χ1n) is 5.39. The Morgan fingerprint density at radius 2 is 1.94 bits per heavy atom. The van der Waals surface area contributed by atoms with Crippen LogP contribution >= 0.6 is 0 Å². The van der Waals surface area contributed by atoms with Crippen molar-refractivity contribution in [1.29, 1.82) is 0 Å². The molecule has 16 heavy (non-hydrogen) atoms. The average molecular weight is 221 g/mol. The maximum atomic E-state index is 10.7. The van der Waals surface area contributed by atoms with E-state index in [0.29, 0.717) is 6.42 Å². The van der Waals surface area contributed by atoms with E-state index in [9.17, 15) is 4.79 Å². The number of carbonyl (C=O) groups is 1. The summed E-state index contributed by atoms with van der Waals surface area (Å²) in [5.41, 5.74) is 7.75. The van der Waals surface area contributed by atoms with Gasteiger partial charge in [0.2, 0.25) is 0 Å². The van der Waals surface area contributed by atoms with Gasteiger partial charge in [-0.15, -0.1) is 0 Å². The van der Waals surface area contributed by atoms with Gasteiger partial charge in [-0.25, -0.2) is 0 Å². The molecule has 0 spiro atoms. The van der Waals surface area contributed by atoms with Crippen LogP contribution in [0.3, 0.4) is 0 Å². The lowest BCUT2D eigenvalue weighted by Gasteiger charge is -2.23. The van der Waals surface area contributed by atoms with E-state index >= 15 is 0 Å². The fraction of sp³-hybridized carbons (Fsp3) is 0.462. The maximum Gasteiger partial charge on any atom is 0.320 e. The molecule has 0 saturated carbocycles. The molecule has 0 aromatic heterocycles. The lowest BCUT2D eigenvalue weighted by atomic mass is 9.82. The predicted molar refractivity (Wildman–Crippen MR) is 64.5 cm³/mol. The van der Waals surface area contributed by atoms with Crippen molar-refractivity contribution in [3.63, 3.8) is 0 Å². The van der Waals surface area contributed by atoms with Crippen molar-refractivity contribution in [3.05, 3.63) is 35.4 Å². The number of nitrogens with two attached hydrogens (primary N) is 1. The van der Waals surface area contributed by atoms with E-state index in [1.54, 1.807) is 0 Å². The molecule has 3 N–H and O–H groups in total. The van der Waals surface area contributed by atoms with Crippen LogP contribution in [0.4, 0.5) is 0 Å². The molecule has 1 rings (SSSR count). The number of benzene rings is 1. The van der Waals surface area contributed by atoms with Crippen LogP contribution in [0.25, 0.3) is 0 Å². The minimum absolute atomic E-state index is 0.00875. The number of hydrogen-bond acceptors (Lipinski definition) is 2. The monoisotopic (exact) mass is 221 g/mol. The smallest absolute Gasteiger partial charge is 0.320 e. The van der Waals surface area contributed by atoms with E-state index in [4.69, 9.17) is 10.8 Å². The van der Waals surface area contributed by atoms with Crippen LogP contribution in [-0.2, 0) is 16.6 Å². The Morgan fingerprint density at radius 1 is 1.38 bits per heavy atom. The molecular formula is C13H19NO2. The van der Waals surface area contributed by atoms with Crippen LogP contribution < -0.4 is 5.73 Å². The molecule has 3 heteroatoms. The Kier molecular flexibility index (Phi) is 3.70. The van der Waals surface area contributed by atoms with Crippen LogP contribution in [-0.4, -0.2) is 17.1 Å². The van der Waals surface area contributed by atoms with Gasteiger partial charge in [0.1, 0.15) is 6.04 Å². The summed E-state index contributed by atoms with van der Waals surface area (Å²) in [6.45, 7) is 6.33. The summed E-state index contributed by atoms with van der Waals surface area (Å²) in [5.74, 6) is -0.955. The van der Waals surface area contributed by atoms with Gasteiger partial charge >= 0.3 is 5.97 Å². The molecule has 0 bridgehead atoms. The van der Waals surface area contributed by atoms with Crippen molar-refractivity contribution in [2.24, 2.45) is 5.73 Å². The van der Waals surface area contributed by atoms with Gasteiger partial charge in [0.05, 0.1) is 0 Å². The van der Waals surface area contributed by atoms with Crippen molar-refractivity contribution >= 4 is 5.97 Å². The summed E-state index contributed by atoms with van der Waals surface area (Å²) in [6.07, 6.45) is 0.378. The molecule has 88 valence electrons. The molecule has 3 nitrogen and oxygen atoms in total. The lowest BCUT2D eigenvalue weighted by Crippen LogP contribution is -2.33. The summed E-state index contributed by atoms with van der Waals surface area (Å²) < 4.78 is 0. The van der Waals surface area contributed by atoms with Gasteiger partial charge in [-0.05, 0) is 23.0 Å². The van der Waals surface area contributed by atoms with Crippen molar-refractivity contribution in [2.75, 3.05) is 0 Å². The van der Waals surface area contributed by atoms with E-state index in [1.165, 1.54) is 0 Å². The Bertz CT molecular complexity index is 380. The molecule has 1 atom stereocenters. The quantitative estimate of drug-likeness (QED) is 0.819. The van der Waals surface area contributed by atoms with Crippen LogP contribution in [0.2, 0.25) is 0 Å². The molecule has 0 heterocycles. The van der Waals surface area contributed by atoms with Gasteiger partial charge in [-0.1, -0.05) is 45.0 Å². The normalized spacial score (nSPS) is 13.5. The van der Waals surface area contributed by atoms with Crippen LogP contribution in [0, 0.1) is 0 Å². The van der Waals surface area contributed by atoms with Crippen molar-refractivity contribution < 1.29 is 9.90 Å². The van der Waals surface area contributed by atoms with Gasteiger partial charge < -0.3 is 10.8 Å². The van der Waals surface area contributed by atoms with E-state index < -0.39 is 12.0 Å². The van der Waals surface area contributed by atoms with Gasteiger partial charge in [-0.2, -0.15) is 0 Å². The van der Waals surface area contributed by atoms with Crippen molar-refractivity contribution in [1.82, 2.24) is 0 Å². The Labute approximate surface area is 96.3 Å². The van der Waals surface area contributed by atoms with Crippen LogP contribution in [0.5, 0.6) is 0 Å². The van der Waals surface area contributed by atoms with Crippen molar-refractivity contribution in [3.8, 4) is 0 Å². The Morgan fingerprint density at radius 3 is 2.44 bits per heavy atom. The fourth-order valence-corrected chi connectivity index (χ4v) is 1.75. The third-order valence-electron chi connectivity index (χ3n) is 2.58. The minimum atomic E-state index is -0.955. The van der Waals surface area contributed by atoms with Gasteiger partial charge in [0.25, 0.3) is 0 Å². The first kappa shape index (κ1) is 12.7. The summed E-state index contributed by atoms with van der Waals surface area (Å²) >= 11 is 0. The third kappa shape index (κ3) is 3.07. The number of rotatable bonds is 3. The summed E-state index contributed by atoms with van der Waals surface area (Å²) in [4.78, 5) is 10.7. The first-order chi connectivity index (χ1) is 7.32. The molecule has 1 aromatic rings. The van der Waals surface area contributed by atoms with E-state index in [1.807, 2.05) is 24.3 Å². The van der Waals surface area contributed by atoms with Gasteiger partial charge in [0.15, 0.2) is 0 Å². The zero-order valence-electron chi connectivity index (χ0n) is 10.0. The highest BCUT2D eigenvalue weighted by Crippen LogP contribution is 2.26. The number of aliphatic carboxylic acids is 1. The number of carboxylic acid groups (broad SMARTS) is 1. The number of carboxylic acids is 1. The largest absolute Gasteiger partial charge is 0.480 e. The van der Waals surface area contributed by atoms with Crippen LogP contribution in [0.1, 0.15) is 31.9 Å². The predicted octanol–water partition coefficient (Wildman–Crippen LogP) is 1.94. The second-order valence-corrected chi connectivity index (χ2v) is 5.06. The van der Waals surface area contributed by atoms with E-state index in [0.717, 1.165) is 11.1 Å². The molecule has 0 saturated heterocycles. The molecular weight excluding hydrogens is 202 g/mol. The number of hydrogen-bond donors (Lipinski definition) is 2.